The molecule has 6 atom stereocenters. The van der Waals surface area contributed by atoms with Crippen molar-refractivity contribution in [2.45, 2.75) is 77.3 Å². The lowest BCUT2D eigenvalue weighted by Gasteiger charge is -2.45. The Labute approximate surface area is 282 Å². The highest BCUT2D eigenvalue weighted by Crippen LogP contribution is 2.26. The Hall–Kier alpha value is -5.51. The number of benzene rings is 2. The van der Waals surface area contributed by atoms with Gasteiger partial charge < -0.3 is 45.0 Å². The zero-order valence-electron chi connectivity index (χ0n) is 27.5. The maximum absolute atomic E-state index is 13.3. The molecule has 4 amide bonds. The summed E-state index contributed by atoms with van der Waals surface area (Å²) in [6.07, 6.45) is -6.18. The summed E-state index contributed by atoms with van der Waals surface area (Å²) in [5.74, 6) is -4.40. The minimum Gasteiger partial charge on any atom is -0.463 e. The zero-order valence-corrected chi connectivity index (χ0v) is 27.5. The average Bonchev–Trinajstić information content (AvgIpc) is 3.04. The second-order valence-corrected chi connectivity index (χ2v) is 11.0. The fourth-order valence-corrected chi connectivity index (χ4v) is 4.92. The predicted octanol–water partition coefficient (Wildman–Crippen LogP) is 0.413. The third kappa shape index (κ3) is 12.9. The van der Waals surface area contributed by atoms with Gasteiger partial charge in [-0.15, -0.1) is 0 Å². The van der Waals surface area contributed by atoms with Crippen LogP contribution in [0.1, 0.15) is 38.8 Å². The molecule has 1 aliphatic rings. The Morgan fingerprint density at radius 3 is 1.90 bits per heavy atom. The molecule has 1 aliphatic heterocycles. The number of amides is 4. The van der Waals surface area contributed by atoms with Gasteiger partial charge in [-0.25, -0.2) is 4.79 Å². The van der Waals surface area contributed by atoms with Crippen molar-refractivity contribution < 1.29 is 57.2 Å². The standard InChI is InChI=1S/C33H40N4O12/c1-19(38)35-28-30(48-22(4)41)29(47-21(3)40)26(18-45-20(2)39)49-32(28)37-27(42)16-34-31(43)25(15-23-11-7-5-8-12-23)36-33(44)46-17-24-13-9-6-10-14-24/h5-14,25-26,28-30,32H,15-18H2,1-4H3,(H,34,43)(H,35,38)(H,36,44)(H,37,42)/t25-,26+,28+,29+,30+,32+/m0/s1. The smallest absolute Gasteiger partial charge is 0.408 e. The molecule has 2 aromatic rings. The van der Waals surface area contributed by atoms with Crippen LogP contribution in [0.2, 0.25) is 0 Å². The number of alkyl carbamates (subject to hydrolysis) is 1. The van der Waals surface area contributed by atoms with E-state index in [0.29, 0.717) is 0 Å². The second kappa shape index (κ2) is 18.7. The molecule has 264 valence electrons. The molecule has 0 aliphatic carbocycles. The van der Waals surface area contributed by atoms with Crippen LogP contribution < -0.4 is 21.3 Å². The number of ether oxygens (including phenoxy) is 5. The monoisotopic (exact) mass is 684 g/mol. The summed E-state index contributed by atoms with van der Waals surface area (Å²) in [6.45, 7) is 3.38. The van der Waals surface area contributed by atoms with E-state index in [1.807, 2.05) is 6.07 Å². The molecule has 0 spiro atoms. The van der Waals surface area contributed by atoms with Gasteiger partial charge in [0, 0.05) is 34.1 Å². The van der Waals surface area contributed by atoms with Crippen LogP contribution in [-0.4, -0.2) is 91.5 Å². The van der Waals surface area contributed by atoms with Gasteiger partial charge in [-0.1, -0.05) is 60.7 Å². The van der Waals surface area contributed by atoms with Crippen LogP contribution in [-0.2, 0) is 65.5 Å². The molecule has 0 bridgehead atoms. The van der Waals surface area contributed by atoms with E-state index >= 15 is 0 Å². The highest BCUT2D eigenvalue weighted by atomic mass is 16.6. The molecule has 0 saturated carbocycles. The highest BCUT2D eigenvalue weighted by Gasteiger charge is 2.51. The molecular weight excluding hydrogens is 644 g/mol. The lowest BCUT2D eigenvalue weighted by molar-refractivity contribution is -0.227. The minimum absolute atomic E-state index is 0.0310. The second-order valence-electron chi connectivity index (χ2n) is 11.0. The molecule has 16 heteroatoms. The fourth-order valence-electron chi connectivity index (χ4n) is 4.92. The molecule has 0 unspecified atom stereocenters. The maximum Gasteiger partial charge on any atom is 0.408 e. The van der Waals surface area contributed by atoms with Gasteiger partial charge in [0.25, 0.3) is 0 Å². The molecule has 3 rings (SSSR count). The number of esters is 3. The molecule has 16 nitrogen and oxygen atoms in total. The zero-order chi connectivity index (χ0) is 35.9. The number of carbonyl (C=O) groups is 7. The average molecular weight is 685 g/mol. The summed E-state index contributed by atoms with van der Waals surface area (Å²) in [6, 6.07) is 15.4. The molecule has 0 aromatic heterocycles. The minimum atomic E-state index is -1.42. The van der Waals surface area contributed by atoms with Crippen molar-refractivity contribution in [1.29, 1.82) is 0 Å². The fraction of sp³-hybridized carbons (Fsp3) is 0.424. The first-order valence-electron chi connectivity index (χ1n) is 15.3. The summed E-state index contributed by atoms with van der Waals surface area (Å²) in [5, 5.41) is 10.1. The van der Waals surface area contributed by atoms with Crippen molar-refractivity contribution in [3.8, 4) is 0 Å². The van der Waals surface area contributed by atoms with E-state index in [4.69, 9.17) is 23.7 Å². The molecule has 4 N–H and O–H groups in total. The van der Waals surface area contributed by atoms with Gasteiger partial charge in [0.2, 0.25) is 17.7 Å². The van der Waals surface area contributed by atoms with Crippen molar-refractivity contribution in [3.05, 3.63) is 71.8 Å². The predicted molar refractivity (Wildman–Crippen MR) is 169 cm³/mol. The lowest BCUT2D eigenvalue weighted by atomic mass is 9.95. The Balaban J connectivity index is 1.74. The first-order chi connectivity index (χ1) is 23.3. The van der Waals surface area contributed by atoms with Gasteiger partial charge in [0.15, 0.2) is 18.4 Å². The largest absolute Gasteiger partial charge is 0.463 e. The van der Waals surface area contributed by atoms with Crippen molar-refractivity contribution >= 4 is 41.7 Å². The van der Waals surface area contributed by atoms with E-state index in [1.54, 1.807) is 54.6 Å². The Kier molecular flexibility index (Phi) is 14.5. The van der Waals surface area contributed by atoms with Crippen molar-refractivity contribution in [2.24, 2.45) is 0 Å². The number of rotatable bonds is 14. The van der Waals surface area contributed by atoms with E-state index in [9.17, 15) is 33.6 Å². The molecule has 2 aromatic carbocycles. The summed E-state index contributed by atoms with van der Waals surface area (Å²) < 4.78 is 27.0. The highest BCUT2D eigenvalue weighted by molar-refractivity contribution is 5.89. The topological polar surface area (TPSA) is 214 Å². The van der Waals surface area contributed by atoms with Crippen LogP contribution in [0.4, 0.5) is 4.79 Å². The van der Waals surface area contributed by atoms with E-state index < -0.39 is 91.5 Å². The van der Waals surface area contributed by atoms with E-state index in [1.165, 1.54) is 6.92 Å². The van der Waals surface area contributed by atoms with Gasteiger partial charge in [-0.2, -0.15) is 0 Å². The molecule has 0 radical (unpaired) electrons. The van der Waals surface area contributed by atoms with Crippen LogP contribution >= 0.6 is 0 Å². The van der Waals surface area contributed by atoms with Crippen LogP contribution in [0.3, 0.4) is 0 Å². The number of nitrogens with one attached hydrogen (secondary N) is 4. The quantitative estimate of drug-likeness (QED) is 0.157. The summed E-state index contributed by atoms with van der Waals surface area (Å²) >= 11 is 0. The van der Waals surface area contributed by atoms with Crippen molar-refractivity contribution in [2.75, 3.05) is 13.2 Å². The number of carbonyl (C=O) groups excluding carboxylic acids is 7. The van der Waals surface area contributed by atoms with E-state index in [2.05, 4.69) is 21.3 Å². The van der Waals surface area contributed by atoms with Gasteiger partial charge in [0.1, 0.15) is 31.4 Å². The van der Waals surface area contributed by atoms with Gasteiger partial charge in [-0.05, 0) is 11.1 Å². The molecule has 49 heavy (non-hydrogen) atoms. The van der Waals surface area contributed by atoms with Gasteiger partial charge in [-0.3, -0.25) is 28.8 Å². The SMILES string of the molecule is CC(=O)N[C@@H]1[C@@H](OC(C)=O)[C@H](OC(C)=O)[C@@H](COC(C)=O)O[C@H]1NC(=O)CNC(=O)[C@H](Cc1ccccc1)NC(=O)OCc1ccccc1. The van der Waals surface area contributed by atoms with Crippen molar-refractivity contribution in [1.82, 2.24) is 21.3 Å². The van der Waals surface area contributed by atoms with Gasteiger partial charge >= 0.3 is 24.0 Å². The first-order valence-corrected chi connectivity index (χ1v) is 15.3. The Bertz CT molecular complexity index is 1470. The normalized spacial score (nSPS) is 20.4. The summed E-state index contributed by atoms with van der Waals surface area (Å²) in [5.41, 5.74) is 1.47. The third-order valence-corrected chi connectivity index (χ3v) is 6.95. The summed E-state index contributed by atoms with van der Waals surface area (Å²) in [4.78, 5) is 86.8. The Morgan fingerprint density at radius 2 is 1.33 bits per heavy atom. The number of hydrogen-bond donors (Lipinski definition) is 4. The Morgan fingerprint density at radius 1 is 0.735 bits per heavy atom. The lowest BCUT2D eigenvalue weighted by Crippen LogP contribution is -2.70. The number of hydrogen-bond acceptors (Lipinski definition) is 12. The van der Waals surface area contributed by atoms with Crippen LogP contribution in [0.5, 0.6) is 0 Å². The van der Waals surface area contributed by atoms with Crippen LogP contribution in [0.15, 0.2) is 60.7 Å². The first kappa shape index (κ1) is 37.9. The molecule has 1 heterocycles. The van der Waals surface area contributed by atoms with E-state index in [-0.39, 0.29) is 13.0 Å². The van der Waals surface area contributed by atoms with Crippen LogP contribution in [0, 0.1) is 0 Å². The van der Waals surface area contributed by atoms with E-state index in [0.717, 1.165) is 31.9 Å². The van der Waals surface area contributed by atoms with Crippen LogP contribution in [0.25, 0.3) is 0 Å². The third-order valence-electron chi connectivity index (χ3n) is 6.95. The molecule has 1 fully saturated rings. The molecule has 1 saturated heterocycles. The summed E-state index contributed by atoms with van der Waals surface area (Å²) in [7, 11) is 0. The maximum atomic E-state index is 13.3. The van der Waals surface area contributed by atoms with Gasteiger partial charge in [0.05, 0.1) is 6.54 Å². The van der Waals surface area contributed by atoms with Crippen molar-refractivity contribution in [3.63, 3.8) is 0 Å². The molecular formula is C33H40N4O12.